The van der Waals surface area contributed by atoms with Crippen LogP contribution in [0.1, 0.15) is 11.6 Å². The van der Waals surface area contributed by atoms with Crippen LogP contribution < -0.4 is 0 Å². The highest BCUT2D eigenvalue weighted by Gasteiger charge is 2.54. The zero-order valence-electron chi connectivity index (χ0n) is 11.4. The maximum Gasteiger partial charge on any atom is 0.318 e. The van der Waals surface area contributed by atoms with E-state index in [1.807, 2.05) is 25.1 Å². The molecule has 2 rings (SSSR count). The molecular formula is C14H18FNO3. The van der Waals surface area contributed by atoms with Crippen LogP contribution in [0.15, 0.2) is 24.3 Å². The summed E-state index contributed by atoms with van der Waals surface area (Å²) in [5, 5.41) is 0. The number of hydrogen-bond donors (Lipinski definition) is 0. The van der Waals surface area contributed by atoms with E-state index in [2.05, 4.69) is 0 Å². The molecule has 1 unspecified atom stereocenters. The lowest BCUT2D eigenvalue weighted by Crippen LogP contribution is -2.57. The molecule has 1 aromatic rings. The van der Waals surface area contributed by atoms with Crippen molar-refractivity contribution in [1.82, 2.24) is 4.90 Å². The standard InChI is InChI=1S/C14H18FNO3/c1-16(2)12(10-5-4-6-11(15)7-10)14(8-19-9-14)13(17)18-3/h4-7,12H,8-9H2,1-3H3. The third-order valence-electron chi connectivity index (χ3n) is 3.52. The van der Waals surface area contributed by atoms with Gasteiger partial charge in [-0.25, -0.2) is 4.39 Å². The third kappa shape index (κ3) is 2.35. The molecule has 1 heterocycles. The minimum absolute atomic E-state index is 0.274. The number of benzene rings is 1. The maximum atomic E-state index is 13.4. The highest BCUT2D eigenvalue weighted by molar-refractivity contribution is 5.79. The predicted molar refractivity (Wildman–Crippen MR) is 68.1 cm³/mol. The fourth-order valence-corrected chi connectivity index (χ4v) is 2.70. The quantitative estimate of drug-likeness (QED) is 0.777. The third-order valence-corrected chi connectivity index (χ3v) is 3.52. The minimum Gasteiger partial charge on any atom is -0.468 e. The first kappa shape index (κ1) is 14.0. The molecule has 0 radical (unpaired) electrons. The van der Waals surface area contributed by atoms with Crippen molar-refractivity contribution < 1.29 is 18.7 Å². The molecule has 1 saturated heterocycles. The molecule has 0 bridgehead atoms. The Hall–Kier alpha value is -1.46. The first-order chi connectivity index (χ1) is 9.01. The summed E-state index contributed by atoms with van der Waals surface area (Å²) in [4.78, 5) is 14.0. The van der Waals surface area contributed by atoms with Crippen LogP contribution in [-0.4, -0.2) is 45.3 Å². The summed E-state index contributed by atoms with van der Waals surface area (Å²) in [7, 11) is 5.08. The normalized spacial score (nSPS) is 18.8. The molecule has 0 N–H and O–H groups in total. The zero-order valence-corrected chi connectivity index (χ0v) is 11.4. The molecule has 0 amide bonds. The van der Waals surface area contributed by atoms with Crippen LogP contribution in [0.4, 0.5) is 4.39 Å². The van der Waals surface area contributed by atoms with Crippen LogP contribution in [0.25, 0.3) is 0 Å². The van der Waals surface area contributed by atoms with Crippen LogP contribution in [-0.2, 0) is 14.3 Å². The lowest BCUT2D eigenvalue weighted by atomic mass is 9.74. The molecular weight excluding hydrogens is 249 g/mol. The molecule has 1 aliphatic rings. The predicted octanol–water partition coefficient (Wildman–Crippen LogP) is 1.62. The second-order valence-electron chi connectivity index (χ2n) is 5.06. The topological polar surface area (TPSA) is 38.8 Å². The average molecular weight is 267 g/mol. The molecule has 0 spiro atoms. The Labute approximate surface area is 112 Å². The van der Waals surface area contributed by atoms with Gasteiger partial charge in [-0.3, -0.25) is 4.79 Å². The molecule has 104 valence electrons. The van der Waals surface area contributed by atoms with Gasteiger partial charge in [0.25, 0.3) is 0 Å². The molecule has 1 aromatic carbocycles. The van der Waals surface area contributed by atoms with Crippen molar-refractivity contribution in [3.8, 4) is 0 Å². The summed E-state index contributed by atoms with van der Waals surface area (Å²) in [5.41, 5.74) is -0.00910. The fraction of sp³-hybridized carbons (Fsp3) is 0.500. The Morgan fingerprint density at radius 1 is 1.47 bits per heavy atom. The first-order valence-corrected chi connectivity index (χ1v) is 6.09. The first-order valence-electron chi connectivity index (χ1n) is 6.09. The van der Waals surface area contributed by atoms with Crippen molar-refractivity contribution >= 4 is 5.97 Å². The number of nitrogens with zero attached hydrogens (tertiary/aromatic N) is 1. The van der Waals surface area contributed by atoms with Gasteiger partial charge in [-0.2, -0.15) is 0 Å². The van der Waals surface area contributed by atoms with Crippen LogP contribution in [0.2, 0.25) is 0 Å². The SMILES string of the molecule is COC(=O)C1(C(c2cccc(F)c2)N(C)C)COC1. The van der Waals surface area contributed by atoms with E-state index in [4.69, 9.17) is 9.47 Å². The van der Waals surface area contributed by atoms with Gasteiger partial charge >= 0.3 is 5.97 Å². The number of carbonyl (C=O) groups is 1. The summed E-state index contributed by atoms with van der Waals surface area (Å²) in [6, 6.07) is 6.03. The number of methoxy groups -OCH3 is 1. The minimum atomic E-state index is -0.758. The molecule has 1 fully saturated rings. The summed E-state index contributed by atoms with van der Waals surface area (Å²) < 4.78 is 23.5. The van der Waals surface area contributed by atoms with Crippen molar-refractivity contribution in [3.05, 3.63) is 35.6 Å². The highest BCUT2D eigenvalue weighted by atomic mass is 19.1. The summed E-state index contributed by atoms with van der Waals surface area (Å²) >= 11 is 0. The summed E-state index contributed by atoms with van der Waals surface area (Å²) in [5.74, 6) is -0.633. The van der Waals surface area contributed by atoms with E-state index < -0.39 is 5.41 Å². The Balaban J connectivity index is 2.42. The van der Waals surface area contributed by atoms with Crippen molar-refractivity contribution in [1.29, 1.82) is 0 Å². The van der Waals surface area contributed by atoms with E-state index >= 15 is 0 Å². The van der Waals surface area contributed by atoms with E-state index in [9.17, 15) is 9.18 Å². The second-order valence-corrected chi connectivity index (χ2v) is 5.06. The van der Waals surface area contributed by atoms with Crippen LogP contribution in [0.5, 0.6) is 0 Å². The lowest BCUT2D eigenvalue weighted by Gasteiger charge is -2.47. The van der Waals surface area contributed by atoms with Gasteiger partial charge < -0.3 is 14.4 Å². The van der Waals surface area contributed by atoms with E-state index in [1.165, 1.54) is 19.2 Å². The van der Waals surface area contributed by atoms with Crippen molar-refractivity contribution in [3.63, 3.8) is 0 Å². The smallest absolute Gasteiger partial charge is 0.318 e. The fourth-order valence-electron chi connectivity index (χ4n) is 2.70. The summed E-state index contributed by atoms with van der Waals surface area (Å²) in [6.45, 7) is 0.581. The Morgan fingerprint density at radius 2 is 2.16 bits per heavy atom. The second kappa shape index (κ2) is 5.27. The Bertz CT molecular complexity index is 472. The van der Waals surface area contributed by atoms with Gasteiger partial charge in [0.2, 0.25) is 0 Å². The monoisotopic (exact) mass is 267 g/mol. The van der Waals surface area contributed by atoms with Gasteiger partial charge in [-0.15, -0.1) is 0 Å². The number of esters is 1. The van der Waals surface area contributed by atoms with E-state index in [1.54, 1.807) is 6.07 Å². The Morgan fingerprint density at radius 3 is 2.58 bits per heavy atom. The summed E-state index contributed by atoms with van der Waals surface area (Å²) in [6.07, 6.45) is 0. The molecule has 1 atom stereocenters. The molecule has 1 aliphatic heterocycles. The molecule has 5 heteroatoms. The molecule has 19 heavy (non-hydrogen) atoms. The lowest BCUT2D eigenvalue weighted by molar-refractivity contribution is -0.197. The van der Waals surface area contributed by atoms with Gasteiger partial charge in [-0.1, -0.05) is 12.1 Å². The zero-order chi connectivity index (χ0) is 14.0. The van der Waals surface area contributed by atoms with Crippen molar-refractivity contribution in [2.45, 2.75) is 6.04 Å². The number of halogens is 1. The van der Waals surface area contributed by atoms with E-state index in [0.29, 0.717) is 13.2 Å². The molecule has 0 aromatic heterocycles. The molecule has 0 aliphatic carbocycles. The van der Waals surface area contributed by atoms with Crippen LogP contribution >= 0.6 is 0 Å². The van der Waals surface area contributed by atoms with E-state index in [-0.39, 0.29) is 17.8 Å². The average Bonchev–Trinajstić information content (AvgIpc) is 2.32. The molecule has 4 nitrogen and oxygen atoms in total. The van der Waals surface area contributed by atoms with E-state index in [0.717, 1.165) is 5.56 Å². The van der Waals surface area contributed by atoms with Crippen molar-refractivity contribution in [2.24, 2.45) is 5.41 Å². The van der Waals surface area contributed by atoms with Gasteiger partial charge in [0, 0.05) is 0 Å². The van der Waals surface area contributed by atoms with Gasteiger partial charge in [0.1, 0.15) is 11.2 Å². The van der Waals surface area contributed by atoms with Gasteiger partial charge in [-0.05, 0) is 31.8 Å². The van der Waals surface area contributed by atoms with Crippen LogP contribution in [0.3, 0.4) is 0 Å². The van der Waals surface area contributed by atoms with Gasteiger partial charge in [0.05, 0.1) is 26.4 Å². The number of rotatable bonds is 4. The highest BCUT2D eigenvalue weighted by Crippen LogP contribution is 2.44. The number of carbonyl (C=O) groups excluding carboxylic acids is 1. The largest absolute Gasteiger partial charge is 0.468 e. The molecule has 0 saturated carbocycles. The number of hydrogen-bond acceptors (Lipinski definition) is 4. The van der Waals surface area contributed by atoms with Crippen molar-refractivity contribution in [2.75, 3.05) is 34.4 Å². The number of ether oxygens (including phenoxy) is 2. The Kier molecular flexibility index (Phi) is 3.87. The van der Waals surface area contributed by atoms with Gasteiger partial charge in [0.15, 0.2) is 0 Å². The maximum absolute atomic E-state index is 13.4. The van der Waals surface area contributed by atoms with Crippen LogP contribution in [0, 0.1) is 11.2 Å².